The zero-order valence-electron chi connectivity index (χ0n) is 15.5. The number of aromatic nitrogens is 4. The second kappa shape index (κ2) is 8.52. The topological polar surface area (TPSA) is 93.8 Å². The molecule has 0 radical (unpaired) electrons. The van der Waals surface area contributed by atoms with E-state index < -0.39 is 18.0 Å². The lowest BCUT2D eigenvalue weighted by atomic mass is 10.2. The molecule has 1 aromatic carbocycles. The SMILES string of the molecule is Cc1c(Br)c(C(F)F)nn1CC(=O)Nc1ccc(NC(=O)c2ccn(C)n2)cc1. The minimum atomic E-state index is -2.73. The third kappa shape index (κ3) is 4.86. The van der Waals surface area contributed by atoms with Gasteiger partial charge in [0.1, 0.15) is 12.2 Å². The number of benzene rings is 1. The largest absolute Gasteiger partial charge is 0.324 e. The number of nitrogens with zero attached hydrogens (tertiary/aromatic N) is 4. The van der Waals surface area contributed by atoms with E-state index in [1.165, 1.54) is 9.36 Å². The number of amides is 2. The molecule has 0 aliphatic heterocycles. The molecule has 3 rings (SSSR count). The Bertz CT molecular complexity index is 1050. The monoisotopic (exact) mass is 466 g/mol. The number of hydrogen-bond acceptors (Lipinski definition) is 4. The van der Waals surface area contributed by atoms with Crippen LogP contribution in [-0.2, 0) is 18.4 Å². The smallest absolute Gasteiger partial charge is 0.283 e. The van der Waals surface area contributed by atoms with Gasteiger partial charge in [0.25, 0.3) is 12.3 Å². The Hall–Kier alpha value is -3.08. The number of aryl methyl sites for hydroxylation is 1. The summed E-state index contributed by atoms with van der Waals surface area (Å²) >= 11 is 3.07. The van der Waals surface area contributed by atoms with Crippen LogP contribution in [0.1, 0.15) is 28.3 Å². The third-order valence-corrected chi connectivity index (χ3v) is 5.01. The highest BCUT2D eigenvalue weighted by Gasteiger charge is 2.21. The first kappa shape index (κ1) is 20.6. The maximum atomic E-state index is 12.9. The summed E-state index contributed by atoms with van der Waals surface area (Å²) in [7, 11) is 1.71. The van der Waals surface area contributed by atoms with Gasteiger partial charge in [0.2, 0.25) is 5.91 Å². The summed E-state index contributed by atoms with van der Waals surface area (Å²) in [5.74, 6) is -0.772. The average molecular weight is 467 g/mol. The first-order valence-corrected chi connectivity index (χ1v) is 9.25. The molecule has 0 spiro atoms. The van der Waals surface area contributed by atoms with E-state index in [-0.39, 0.29) is 22.6 Å². The van der Waals surface area contributed by atoms with Crippen molar-refractivity contribution in [2.45, 2.75) is 19.9 Å². The van der Waals surface area contributed by atoms with E-state index in [1.807, 2.05) is 0 Å². The highest BCUT2D eigenvalue weighted by Crippen LogP contribution is 2.29. The number of carbonyl (C=O) groups excluding carboxylic acids is 2. The molecule has 2 heterocycles. The van der Waals surface area contributed by atoms with Crippen LogP contribution in [0.25, 0.3) is 0 Å². The number of halogens is 3. The van der Waals surface area contributed by atoms with Gasteiger partial charge in [-0.25, -0.2) is 8.78 Å². The molecule has 3 aromatic rings. The number of rotatable bonds is 6. The molecule has 2 amide bonds. The van der Waals surface area contributed by atoms with Crippen LogP contribution in [0.15, 0.2) is 41.0 Å². The Labute approximate surface area is 173 Å². The van der Waals surface area contributed by atoms with Gasteiger partial charge in [-0.3, -0.25) is 19.0 Å². The maximum absolute atomic E-state index is 12.9. The van der Waals surface area contributed by atoms with Crippen molar-refractivity contribution in [2.24, 2.45) is 7.05 Å². The minimum Gasteiger partial charge on any atom is -0.324 e. The zero-order chi connectivity index (χ0) is 21.1. The molecule has 11 heteroatoms. The van der Waals surface area contributed by atoms with Crippen molar-refractivity contribution in [1.82, 2.24) is 19.6 Å². The van der Waals surface area contributed by atoms with E-state index in [0.29, 0.717) is 17.1 Å². The van der Waals surface area contributed by atoms with Crippen molar-refractivity contribution in [3.63, 3.8) is 0 Å². The predicted molar refractivity (Wildman–Crippen MR) is 106 cm³/mol. The quantitative estimate of drug-likeness (QED) is 0.580. The van der Waals surface area contributed by atoms with E-state index in [4.69, 9.17) is 0 Å². The Morgan fingerprint density at radius 2 is 1.72 bits per heavy atom. The molecular weight excluding hydrogens is 450 g/mol. The molecule has 0 bridgehead atoms. The van der Waals surface area contributed by atoms with Crippen LogP contribution < -0.4 is 10.6 Å². The van der Waals surface area contributed by atoms with Crippen LogP contribution in [0.5, 0.6) is 0 Å². The third-order valence-electron chi connectivity index (χ3n) is 4.03. The van der Waals surface area contributed by atoms with Crippen molar-refractivity contribution in [3.05, 3.63) is 58.1 Å². The van der Waals surface area contributed by atoms with Crippen LogP contribution in [0.4, 0.5) is 20.2 Å². The van der Waals surface area contributed by atoms with Gasteiger partial charge >= 0.3 is 0 Å². The Morgan fingerprint density at radius 3 is 2.24 bits per heavy atom. The van der Waals surface area contributed by atoms with E-state index in [9.17, 15) is 18.4 Å². The Balaban J connectivity index is 1.60. The fourth-order valence-electron chi connectivity index (χ4n) is 2.55. The van der Waals surface area contributed by atoms with Crippen molar-refractivity contribution in [3.8, 4) is 0 Å². The number of hydrogen-bond donors (Lipinski definition) is 2. The molecule has 0 saturated heterocycles. The van der Waals surface area contributed by atoms with Gasteiger partial charge in [-0.05, 0) is 53.2 Å². The molecule has 0 atom stereocenters. The summed E-state index contributed by atoms with van der Waals surface area (Å²) in [5, 5.41) is 13.2. The summed E-state index contributed by atoms with van der Waals surface area (Å²) in [5.41, 5.74) is 1.34. The minimum absolute atomic E-state index is 0.188. The molecule has 0 unspecified atom stereocenters. The van der Waals surface area contributed by atoms with Crippen LogP contribution in [0, 0.1) is 6.92 Å². The van der Waals surface area contributed by atoms with E-state index in [2.05, 4.69) is 36.8 Å². The summed E-state index contributed by atoms with van der Waals surface area (Å²) in [6.07, 6.45) is -1.07. The van der Waals surface area contributed by atoms with Gasteiger partial charge in [-0.15, -0.1) is 0 Å². The molecule has 2 aromatic heterocycles. The lowest BCUT2D eigenvalue weighted by Crippen LogP contribution is -2.20. The molecule has 0 aliphatic carbocycles. The standard InChI is InChI=1S/C18H17BrF2N6O2/c1-10-15(19)16(17(20)21)25-27(10)9-14(28)22-11-3-5-12(6-4-11)23-18(29)13-7-8-26(2)24-13/h3-8,17H,9H2,1-2H3,(H,22,28)(H,23,29). The summed E-state index contributed by atoms with van der Waals surface area (Å²) < 4.78 is 28.7. The number of carbonyl (C=O) groups is 2. The summed E-state index contributed by atoms with van der Waals surface area (Å²) in [6.45, 7) is 1.38. The molecule has 0 fully saturated rings. The first-order chi connectivity index (χ1) is 13.7. The highest BCUT2D eigenvalue weighted by atomic mass is 79.9. The number of nitrogens with one attached hydrogen (secondary N) is 2. The lowest BCUT2D eigenvalue weighted by molar-refractivity contribution is -0.117. The van der Waals surface area contributed by atoms with Gasteiger partial charge in [-0.1, -0.05) is 0 Å². The van der Waals surface area contributed by atoms with Gasteiger partial charge in [-0.2, -0.15) is 10.2 Å². The zero-order valence-corrected chi connectivity index (χ0v) is 17.1. The van der Waals surface area contributed by atoms with Gasteiger partial charge in [0.05, 0.1) is 10.2 Å². The second-order valence-electron chi connectivity index (χ2n) is 6.20. The molecule has 29 heavy (non-hydrogen) atoms. The second-order valence-corrected chi connectivity index (χ2v) is 6.99. The highest BCUT2D eigenvalue weighted by molar-refractivity contribution is 9.10. The first-order valence-electron chi connectivity index (χ1n) is 8.46. The number of anilines is 2. The fraction of sp³-hybridized carbons (Fsp3) is 0.222. The van der Waals surface area contributed by atoms with Crippen molar-refractivity contribution in [1.29, 1.82) is 0 Å². The van der Waals surface area contributed by atoms with E-state index in [1.54, 1.807) is 50.5 Å². The molecule has 0 saturated carbocycles. The predicted octanol–water partition coefficient (Wildman–Crippen LogP) is 3.52. The van der Waals surface area contributed by atoms with Crippen molar-refractivity contribution in [2.75, 3.05) is 10.6 Å². The Kier molecular flexibility index (Phi) is 6.06. The van der Waals surface area contributed by atoms with Gasteiger partial charge < -0.3 is 10.6 Å². The fourth-order valence-corrected chi connectivity index (χ4v) is 3.00. The summed E-state index contributed by atoms with van der Waals surface area (Å²) in [6, 6.07) is 8.08. The molecule has 0 aliphatic rings. The van der Waals surface area contributed by atoms with Crippen molar-refractivity contribution >= 4 is 39.1 Å². The Morgan fingerprint density at radius 1 is 1.10 bits per heavy atom. The van der Waals surface area contributed by atoms with Gasteiger partial charge in [0, 0.05) is 24.6 Å². The molecule has 152 valence electrons. The number of alkyl halides is 2. The summed E-state index contributed by atoms with van der Waals surface area (Å²) in [4.78, 5) is 24.3. The van der Waals surface area contributed by atoms with Crippen LogP contribution in [-0.4, -0.2) is 31.4 Å². The van der Waals surface area contributed by atoms with Crippen molar-refractivity contribution < 1.29 is 18.4 Å². The van der Waals surface area contributed by atoms with E-state index >= 15 is 0 Å². The van der Waals surface area contributed by atoms with Crippen LogP contribution in [0.3, 0.4) is 0 Å². The average Bonchev–Trinajstić information content (AvgIpc) is 3.22. The van der Waals surface area contributed by atoms with Crippen LogP contribution in [0.2, 0.25) is 0 Å². The molecule has 2 N–H and O–H groups in total. The molecule has 8 nitrogen and oxygen atoms in total. The lowest BCUT2D eigenvalue weighted by Gasteiger charge is -2.08. The van der Waals surface area contributed by atoms with Crippen LogP contribution >= 0.6 is 15.9 Å². The van der Waals surface area contributed by atoms with Gasteiger partial charge in [0.15, 0.2) is 5.69 Å². The maximum Gasteiger partial charge on any atom is 0.283 e. The van der Waals surface area contributed by atoms with E-state index in [0.717, 1.165) is 0 Å². The molecular formula is C18H17BrF2N6O2. The normalized spacial score (nSPS) is 11.0.